The number of thioether (sulfide) groups is 1. The SMILES string of the molecule is CCNC(=O)c1cccc(NC(=O)CSc2n[nH]c(CCC3CCCC3)n2)c1. The first-order valence-corrected chi connectivity index (χ1v) is 10.8. The van der Waals surface area contributed by atoms with Crippen LogP contribution in [0.4, 0.5) is 5.69 Å². The molecule has 28 heavy (non-hydrogen) atoms. The van der Waals surface area contributed by atoms with Gasteiger partial charge in [-0.2, -0.15) is 0 Å². The predicted octanol–water partition coefficient (Wildman–Crippen LogP) is 3.41. The Morgan fingerprint density at radius 3 is 2.89 bits per heavy atom. The van der Waals surface area contributed by atoms with Gasteiger partial charge in [0.15, 0.2) is 0 Å². The van der Waals surface area contributed by atoms with Gasteiger partial charge in [-0.1, -0.05) is 43.5 Å². The van der Waals surface area contributed by atoms with Crippen molar-refractivity contribution in [3.05, 3.63) is 35.7 Å². The van der Waals surface area contributed by atoms with Crippen LogP contribution >= 0.6 is 11.8 Å². The van der Waals surface area contributed by atoms with E-state index >= 15 is 0 Å². The molecule has 0 bridgehead atoms. The van der Waals surface area contributed by atoms with Crippen LogP contribution in [0, 0.1) is 5.92 Å². The maximum Gasteiger partial charge on any atom is 0.251 e. The standard InChI is InChI=1S/C20H27N5O2S/c1-2-21-19(27)15-8-5-9-16(12-15)22-18(26)13-28-20-23-17(24-25-20)11-10-14-6-3-4-7-14/h5,8-9,12,14H,2-4,6-7,10-11,13H2,1H3,(H,21,27)(H,22,26)(H,23,24,25). The van der Waals surface area contributed by atoms with E-state index in [1.807, 2.05) is 6.92 Å². The lowest BCUT2D eigenvalue weighted by Gasteiger charge is -2.07. The van der Waals surface area contributed by atoms with Crippen LogP contribution in [0.5, 0.6) is 0 Å². The Morgan fingerprint density at radius 2 is 2.11 bits per heavy atom. The summed E-state index contributed by atoms with van der Waals surface area (Å²) in [6, 6.07) is 6.90. The van der Waals surface area contributed by atoms with Crippen LogP contribution in [0.2, 0.25) is 0 Å². The van der Waals surface area contributed by atoms with Gasteiger partial charge in [0.2, 0.25) is 11.1 Å². The number of carbonyl (C=O) groups excluding carboxylic acids is 2. The smallest absolute Gasteiger partial charge is 0.251 e. The number of hydrogen-bond donors (Lipinski definition) is 3. The fraction of sp³-hybridized carbons (Fsp3) is 0.500. The maximum atomic E-state index is 12.2. The molecule has 2 amide bonds. The summed E-state index contributed by atoms with van der Waals surface area (Å²) in [5.41, 5.74) is 1.12. The summed E-state index contributed by atoms with van der Waals surface area (Å²) < 4.78 is 0. The lowest BCUT2D eigenvalue weighted by molar-refractivity contribution is -0.113. The number of H-pyrrole nitrogens is 1. The van der Waals surface area contributed by atoms with E-state index in [-0.39, 0.29) is 17.6 Å². The minimum Gasteiger partial charge on any atom is -0.352 e. The molecule has 0 radical (unpaired) electrons. The van der Waals surface area contributed by atoms with Crippen LogP contribution in [0.1, 0.15) is 55.2 Å². The fourth-order valence-corrected chi connectivity index (χ4v) is 4.04. The van der Waals surface area contributed by atoms with Crippen molar-refractivity contribution >= 4 is 29.3 Å². The second kappa shape index (κ2) is 10.3. The zero-order valence-corrected chi connectivity index (χ0v) is 17.0. The summed E-state index contributed by atoms with van der Waals surface area (Å²) in [4.78, 5) is 28.6. The normalized spacial score (nSPS) is 14.2. The molecule has 1 aromatic carbocycles. The van der Waals surface area contributed by atoms with Crippen molar-refractivity contribution in [1.82, 2.24) is 20.5 Å². The highest BCUT2D eigenvalue weighted by Gasteiger charge is 2.16. The molecule has 1 fully saturated rings. The summed E-state index contributed by atoms with van der Waals surface area (Å²) in [5.74, 6) is 1.62. The third kappa shape index (κ3) is 6.09. The number of nitrogens with zero attached hydrogens (tertiary/aromatic N) is 2. The van der Waals surface area contributed by atoms with Crippen molar-refractivity contribution in [2.45, 2.75) is 50.6 Å². The van der Waals surface area contributed by atoms with Gasteiger partial charge in [0, 0.05) is 24.2 Å². The number of benzene rings is 1. The number of aromatic amines is 1. The van der Waals surface area contributed by atoms with Crippen LogP contribution < -0.4 is 10.6 Å². The van der Waals surface area contributed by atoms with Gasteiger partial charge in [-0.15, -0.1) is 5.10 Å². The van der Waals surface area contributed by atoms with Crippen LogP contribution in [0.25, 0.3) is 0 Å². The number of anilines is 1. The van der Waals surface area contributed by atoms with Crippen LogP contribution in [0.3, 0.4) is 0 Å². The maximum absolute atomic E-state index is 12.2. The highest BCUT2D eigenvalue weighted by Crippen LogP contribution is 2.28. The Hall–Kier alpha value is -2.35. The third-order valence-corrected chi connectivity index (χ3v) is 5.70. The first kappa shape index (κ1) is 20.4. The molecule has 1 heterocycles. The van der Waals surface area contributed by atoms with Crippen LogP contribution in [-0.4, -0.2) is 39.3 Å². The van der Waals surface area contributed by atoms with Crippen molar-refractivity contribution in [1.29, 1.82) is 0 Å². The number of aromatic nitrogens is 3. The van der Waals surface area contributed by atoms with Gasteiger partial charge < -0.3 is 10.6 Å². The second-order valence-electron chi connectivity index (χ2n) is 7.03. The fourth-order valence-electron chi connectivity index (χ4n) is 3.42. The Balaban J connectivity index is 1.44. The monoisotopic (exact) mass is 401 g/mol. The number of nitrogens with one attached hydrogen (secondary N) is 3. The van der Waals surface area contributed by atoms with Gasteiger partial charge in [-0.3, -0.25) is 14.7 Å². The summed E-state index contributed by atoms with van der Waals surface area (Å²) in [7, 11) is 0. The van der Waals surface area contributed by atoms with Crippen LogP contribution in [0.15, 0.2) is 29.4 Å². The topological polar surface area (TPSA) is 99.8 Å². The molecule has 1 aromatic heterocycles. The number of carbonyl (C=O) groups is 2. The summed E-state index contributed by atoms with van der Waals surface area (Å²) in [6.45, 7) is 2.43. The van der Waals surface area contributed by atoms with Crippen molar-refractivity contribution in [3.63, 3.8) is 0 Å². The molecule has 2 aromatic rings. The highest BCUT2D eigenvalue weighted by atomic mass is 32.2. The van der Waals surface area contributed by atoms with Gasteiger partial charge in [-0.05, 0) is 37.5 Å². The summed E-state index contributed by atoms with van der Waals surface area (Å²) in [6.07, 6.45) is 7.43. The summed E-state index contributed by atoms with van der Waals surface area (Å²) in [5, 5.41) is 13.3. The van der Waals surface area contributed by atoms with Gasteiger partial charge in [-0.25, -0.2) is 4.98 Å². The molecule has 1 saturated carbocycles. The van der Waals surface area contributed by atoms with Crippen molar-refractivity contribution in [2.24, 2.45) is 5.92 Å². The molecule has 0 unspecified atom stereocenters. The van der Waals surface area contributed by atoms with E-state index < -0.39 is 0 Å². The number of aryl methyl sites for hydroxylation is 1. The molecule has 150 valence electrons. The van der Waals surface area contributed by atoms with Crippen molar-refractivity contribution < 1.29 is 9.59 Å². The zero-order chi connectivity index (χ0) is 19.8. The molecule has 0 spiro atoms. The number of hydrogen-bond acceptors (Lipinski definition) is 5. The average Bonchev–Trinajstić information content (AvgIpc) is 3.37. The lowest BCUT2D eigenvalue weighted by Crippen LogP contribution is -2.23. The zero-order valence-electron chi connectivity index (χ0n) is 16.2. The van der Waals surface area contributed by atoms with Gasteiger partial charge in [0.05, 0.1) is 5.75 Å². The Morgan fingerprint density at radius 1 is 1.29 bits per heavy atom. The minimum absolute atomic E-state index is 0.154. The molecule has 7 nitrogen and oxygen atoms in total. The third-order valence-electron chi connectivity index (χ3n) is 4.85. The van der Waals surface area contributed by atoms with E-state index in [9.17, 15) is 9.59 Å². The van der Waals surface area contributed by atoms with Gasteiger partial charge in [0.25, 0.3) is 5.91 Å². The quantitative estimate of drug-likeness (QED) is 0.559. The van der Waals surface area contributed by atoms with Gasteiger partial charge in [0.1, 0.15) is 5.82 Å². The average molecular weight is 402 g/mol. The molecule has 0 atom stereocenters. The molecular formula is C20H27N5O2S. The molecule has 3 rings (SSSR count). The van der Waals surface area contributed by atoms with E-state index in [0.717, 1.165) is 24.6 Å². The number of rotatable bonds is 9. The van der Waals surface area contributed by atoms with E-state index in [1.165, 1.54) is 37.4 Å². The second-order valence-corrected chi connectivity index (χ2v) is 7.97. The first-order valence-electron chi connectivity index (χ1n) is 9.86. The molecule has 1 aliphatic rings. The largest absolute Gasteiger partial charge is 0.352 e. The molecule has 8 heteroatoms. The van der Waals surface area contributed by atoms with E-state index in [4.69, 9.17) is 0 Å². The first-order chi connectivity index (χ1) is 13.6. The molecule has 3 N–H and O–H groups in total. The minimum atomic E-state index is -0.157. The Labute approximate surface area is 169 Å². The Kier molecular flexibility index (Phi) is 7.47. The molecule has 1 aliphatic carbocycles. The lowest BCUT2D eigenvalue weighted by atomic mass is 10.0. The predicted molar refractivity (Wildman–Crippen MR) is 110 cm³/mol. The number of amides is 2. The molecule has 0 aliphatic heterocycles. The Bertz CT molecular complexity index is 801. The van der Waals surface area contributed by atoms with Crippen molar-refractivity contribution in [2.75, 3.05) is 17.6 Å². The van der Waals surface area contributed by atoms with E-state index in [0.29, 0.717) is 23.0 Å². The van der Waals surface area contributed by atoms with Crippen molar-refractivity contribution in [3.8, 4) is 0 Å². The highest BCUT2D eigenvalue weighted by molar-refractivity contribution is 7.99. The molecule has 0 saturated heterocycles. The summed E-state index contributed by atoms with van der Waals surface area (Å²) >= 11 is 1.30. The van der Waals surface area contributed by atoms with E-state index in [1.54, 1.807) is 24.3 Å². The van der Waals surface area contributed by atoms with Crippen LogP contribution in [-0.2, 0) is 11.2 Å². The molecular weight excluding hydrogens is 374 g/mol. The van der Waals surface area contributed by atoms with Gasteiger partial charge >= 0.3 is 0 Å². The van der Waals surface area contributed by atoms with E-state index in [2.05, 4.69) is 25.8 Å².